The minimum absolute atomic E-state index is 0.164. The Morgan fingerprint density at radius 2 is 1.84 bits per heavy atom. The van der Waals surface area contributed by atoms with Crippen LogP contribution in [0.3, 0.4) is 0 Å². The number of rotatable bonds is 6. The van der Waals surface area contributed by atoms with Gasteiger partial charge in [-0.05, 0) is 5.56 Å². The topological polar surface area (TPSA) is 26.3 Å². The molecule has 0 bridgehead atoms. The lowest BCUT2D eigenvalue weighted by Gasteiger charge is -2.20. The van der Waals surface area contributed by atoms with E-state index in [9.17, 15) is 4.79 Å². The van der Waals surface area contributed by atoms with Crippen molar-refractivity contribution in [3.63, 3.8) is 0 Å². The number of methoxy groups -OCH3 is 1. The summed E-state index contributed by atoms with van der Waals surface area (Å²) in [6.07, 6.45) is 3.49. The molecule has 0 amide bonds. The number of benzene rings is 1. The SMILES string of the molecule is C=C(C(=O)[Si](C)(C)C)C(/C=C/c1ccccc1)OC. The van der Waals surface area contributed by atoms with Crippen LogP contribution in [0, 0.1) is 0 Å². The Bertz CT molecular complexity index is 469. The Morgan fingerprint density at radius 3 is 2.32 bits per heavy atom. The molecule has 0 aliphatic rings. The summed E-state index contributed by atoms with van der Waals surface area (Å²) in [5, 5.41) is 0.164. The van der Waals surface area contributed by atoms with Crippen molar-refractivity contribution in [3.05, 3.63) is 54.1 Å². The molecule has 1 rings (SSSR count). The molecule has 0 saturated carbocycles. The highest BCUT2D eigenvalue weighted by molar-refractivity contribution is 7.05. The van der Waals surface area contributed by atoms with Gasteiger partial charge in [0.2, 0.25) is 0 Å². The average molecular weight is 274 g/mol. The molecule has 1 aromatic rings. The van der Waals surface area contributed by atoms with E-state index in [1.165, 1.54) is 0 Å². The molecule has 0 radical (unpaired) electrons. The molecule has 1 atom stereocenters. The smallest absolute Gasteiger partial charge is 0.138 e. The van der Waals surface area contributed by atoms with Crippen molar-refractivity contribution < 1.29 is 9.53 Å². The Morgan fingerprint density at radius 1 is 1.26 bits per heavy atom. The zero-order valence-electron chi connectivity index (χ0n) is 12.1. The van der Waals surface area contributed by atoms with Crippen LogP contribution in [0.5, 0.6) is 0 Å². The summed E-state index contributed by atoms with van der Waals surface area (Å²) in [5.41, 5.74) is 1.63. The number of carbonyl (C=O) groups excluding carboxylic acids is 1. The molecular formula is C16H22O2Si. The summed E-state index contributed by atoms with van der Waals surface area (Å²) < 4.78 is 5.37. The molecular weight excluding hydrogens is 252 g/mol. The molecule has 1 aromatic carbocycles. The van der Waals surface area contributed by atoms with Crippen LogP contribution in [0.4, 0.5) is 0 Å². The van der Waals surface area contributed by atoms with Crippen LogP contribution in [0.25, 0.3) is 6.08 Å². The molecule has 0 aliphatic carbocycles. The molecule has 19 heavy (non-hydrogen) atoms. The van der Waals surface area contributed by atoms with Gasteiger partial charge >= 0.3 is 0 Å². The van der Waals surface area contributed by atoms with Gasteiger partial charge in [-0.3, -0.25) is 0 Å². The lowest BCUT2D eigenvalue weighted by atomic mass is 10.1. The largest absolute Gasteiger partial charge is 0.373 e. The van der Waals surface area contributed by atoms with Crippen LogP contribution < -0.4 is 0 Å². The second-order valence-corrected chi connectivity index (χ2v) is 10.5. The number of hydrogen-bond acceptors (Lipinski definition) is 2. The van der Waals surface area contributed by atoms with Gasteiger partial charge in [-0.25, -0.2) is 0 Å². The normalized spacial score (nSPS) is 13.5. The van der Waals surface area contributed by atoms with Crippen molar-refractivity contribution in [3.8, 4) is 0 Å². The summed E-state index contributed by atoms with van der Waals surface area (Å²) in [4.78, 5) is 12.2. The van der Waals surface area contributed by atoms with Crippen LogP contribution in [-0.4, -0.2) is 26.7 Å². The van der Waals surface area contributed by atoms with E-state index in [-0.39, 0.29) is 11.5 Å². The Balaban J connectivity index is 2.82. The third-order valence-electron chi connectivity index (χ3n) is 2.83. The van der Waals surface area contributed by atoms with E-state index >= 15 is 0 Å². The van der Waals surface area contributed by atoms with Crippen molar-refractivity contribution >= 4 is 19.6 Å². The van der Waals surface area contributed by atoms with Gasteiger partial charge in [-0.1, -0.05) is 68.7 Å². The van der Waals surface area contributed by atoms with Crippen LogP contribution in [0.1, 0.15) is 5.56 Å². The Kier molecular flexibility index (Phi) is 5.45. The zero-order chi connectivity index (χ0) is 14.5. The fourth-order valence-corrected chi connectivity index (χ4v) is 2.82. The van der Waals surface area contributed by atoms with E-state index in [1.54, 1.807) is 7.11 Å². The van der Waals surface area contributed by atoms with Crippen LogP contribution in [-0.2, 0) is 9.53 Å². The fraction of sp³-hybridized carbons (Fsp3) is 0.312. The predicted molar refractivity (Wildman–Crippen MR) is 83.8 cm³/mol. The van der Waals surface area contributed by atoms with E-state index in [0.717, 1.165) is 5.56 Å². The van der Waals surface area contributed by atoms with Crippen molar-refractivity contribution in [2.45, 2.75) is 25.7 Å². The highest BCUT2D eigenvalue weighted by Gasteiger charge is 2.29. The second-order valence-electron chi connectivity index (χ2n) is 5.53. The first kappa shape index (κ1) is 15.6. The minimum atomic E-state index is -1.86. The number of carbonyl (C=O) groups is 1. The van der Waals surface area contributed by atoms with Gasteiger partial charge in [0, 0.05) is 12.7 Å². The summed E-state index contributed by atoms with van der Waals surface area (Å²) in [6, 6.07) is 9.93. The zero-order valence-corrected chi connectivity index (χ0v) is 13.1. The van der Waals surface area contributed by atoms with Crippen LogP contribution in [0.2, 0.25) is 19.6 Å². The first-order valence-electron chi connectivity index (χ1n) is 6.36. The van der Waals surface area contributed by atoms with E-state index in [4.69, 9.17) is 4.74 Å². The van der Waals surface area contributed by atoms with E-state index in [2.05, 4.69) is 6.58 Å². The van der Waals surface area contributed by atoms with Crippen molar-refractivity contribution in [1.29, 1.82) is 0 Å². The van der Waals surface area contributed by atoms with E-state index in [1.807, 2.05) is 62.1 Å². The highest BCUT2D eigenvalue weighted by atomic mass is 28.3. The van der Waals surface area contributed by atoms with Crippen LogP contribution in [0.15, 0.2) is 48.6 Å². The van der Waals surface area contributed by atoms with Gasteiger partial charge < -0.3 is 9.53 Å². The van der Waals surface area contributed by atoms with Crippen molar-refractivity contribution in [2.75, 3.05) is 7.11 Å². The molecule has 1 unspecified atom stereocenters. The lowest BCUT2D eigenvalue weighted by Crippen LogP contribution is -2.37. The standard InChI is InChI=1S/C16H22O2Si/c1-13(16(17)19(3,4)5)15(18-2)12-11-14-9-7-6-8-10-14/h6-12,15H,1H2,2-5H3/b12-11+. The molecule has 3 heteroatoms. The van der Waals surface area contributed by atoms with E-state index in [0.29, 0.717) is 5.57 Å². The maximum absolute atomic E-state index is 12.2. The molecule has 0 N–H and O–H groups in total. The van der Waals surface area contributed by atoms with Crippen LogP contribution >= 0.6 is 0 Å². The second kappa shape index (κ2) is 6.64. The lowest BCUT2D eigenvalue weighted by molar-refractivity contribution is -0.110. The summed E-state index contributed by atoms with van der Waals surface area (Å²) >= 11 is 0. The molecule has 0 aromatic heterocycles. The molecule has 0 fully saturated rings. The van der Waals surface area contributed by atoms with Crippen molar-refractivity contribution in [1.82, 2.24) is 0 Å². The average Bonchev–Trinajstić information content (AvgIpc) is 2.38. The monoisotopic (exact) mass is 274 g/mol. The van der Waals surface area contributed by atoms with Gasteiger partial charge in [0.15, 0.2) is 0 Å². The van der Waals surface area contributed by atoms with Gasteiger partial charge in [0.25, 0.3) is 0 Å². The third kappa shape index (κ3) is 4.61. The van der Waals surface area contributed by atoms with E-state index < -0.39 is 8.07 Å². The molecule has 2 nitrogen and oxygen atoms in total. The highest BCUT2D eigenvalue weighted by Crippen LogP contribution is 2.16. The fourth-order valence-electron chi connectivity index (χ4n) is 1.71. The Labute approximate surface area is 116 Å². The maximum atomic E-state index is 12.2. The van der Waals surface area contributed by atoms with Gasteiger partial charge in [0.1, 0.15) is 19.6 Å². The maximum Gasteiger partial charge on any atom is 0.138 e. The molecule has 0 spiro atoms. The predicted octanol–water partition coefficient (Wildman–Crippen LogP) is 3.72. The van der Waals surface area contributed by atoms with Gasteiger partial charge in [-0.15, -0.1) is 0 Å². The molecule has 0 saturated heterocycles. The molecule has 0 aliphatic heterocycles. The number of ether oxygens (including phenoxy) is 1. The van der Waals surface area contributed by atoms with Gasteiger partial charge in [0.05, 0.1) is 0 Å². The first-order valence-corrected chi connectivity index (χ1v) is 9.86. The third-order valence-corrected chi connectivity index (χ3v) is 4.52. The number of hydrogen-bond donors (Lipinski definition) is 0. The van der Waals surface area contributed by atoms with Gasteiger partial charge in [-0.2, -0.15) is 0 Å². The first-order chi connectivity index (χ1) is 8.86. The summed E-state index contributed by atoms with van der Waals surface area (Å²) in [7, 11) is -0.263. The summed E-state index contributed by atoms with van der Waals surface area (Å²) in [5.74, 6) is 0. The quantitative estimate of drug-likeness (QED) is 0.584. The summed E-state index contributed by atoms with van der Waals surface area (Å²) in [6.45, 7) is 9.98. The molecule has 0 heterocycles. The van der Waals surface area contributed by atoms with Crippen molar-refractivity contribution in [2.24, 2.45) is 0 Å². The minimum Gasteiger partial charge on any atom is -0.373 e. The Hall–Kier alpha value is -1.45. The molecule has 102 valence electrons.